The fourth-order valence-corrected chi connectivity index (χ4v) is 2.36. The first kappa shape index (κ1) is 12.4. The van der Waals surface area contributed by atoms with Gasteiger partial charge in [0, 0.05) is 0 Å². The first-order chi connectivity index (χ1) is 9.13. The zero-order valence-electron chi connectivity index (χ0n) is 9.97. The first-order valence-electron chi connectivity index (χ1n) is 5.87. The summed E-state index contributed by atoms with van der Waals surface area (Å²) in [5.74, 6) is 0.807. The number of nitrogens with zero attached hydrogens (tertiary/aromatic N) is 3. The van der Waals surface area contributed by atoms with Crippen molar-refractivity contribution in [3.8, 4) is 0 Å². The fraction of sp³-hybridized carbons (Fsp3) is 0.600. The summed E-state index contributed by atoms with van der Waals surface area (Å²) < 4.78 is 5.45. The Balaban J connectivity index is 1.88. The number of rotatable bonds is 2. The Hall–Kier alpha value is -1.68. The van der Waals surface area contributed by atoms with Crippen molar-refractivity contribution in [3.05, 3.63) is 6.33 Å². The average Bonchev–Trinajstić information content (AvgIpc) is 2.94. The summed E-state index contributed by atoms with van der Waals surface area (Å²) in [6.45, 7) is -0.0421. The molecule has 0 amide bonds. The molecule has 19 heavy (non-hydrogen) atoms. The van der Waals surface area contributed by atoms with Crippen molar-refractivity contribution in [2.24, 2.45) is 0 Å². The van der Waals surface area contributed by atoms with Gasteiger partial charge < -0.3 is 36.0 Å². The molecule has 0 aliphatic carbocycles. The molecule has 1 fully saturated rings. The lowest BCUT2D eigenvalue weighted by molar-refractivity contribution is -0.0219. The number of aliphatic hydroxyl groups is 3. The van der Waals surface area contributed by atoms with Crippen molar-refractivity contribution in [2.45, 2.75) is 24.5 Å². The molecule has 2 aliphatic rings. The van der Waals surface area contributed by atoms with Crippen LogP contribution in [0.5, 0.6) is 0 Å². The summed E-state index contributed by atoms with van der Waals surface area (Å²) in [5.41, 5.74) is 6.28. The number of nitrogen functional groups attached to an aromatic ring is 1. The van der Waals surface area contributed by atoms with E-state index < -0.39 is 24.5 Å². The highest BCUT2D eigenvalue weighted by Gasteiger charge is 2.47. The van der Waals surface area contributed by atoms with E-state index in [1.54, 1.807) is 4.90 Å². The maximum atomic E-state index is 9.98. The van der Waals surface area contributed by atoms with Crippen LogP contribution in [0.25, 0.3) is 0 Å². The fourth-order valence-electron chi connectivity index (χ4n) is 2.36. The third-order valence-corrected chi connectivity index (χ3v) is 3.38. The molecule has 104 valence electrons. The van der Waals surface area contributed by atoms with Crippen molar-refractivity contribution in [3.63, 3.8) is 0 Å². The number of hydrogen-bond donors (Lipinski definition) is 5. The highest BCUT2D eigenvalue weighted by atomic mass is 16.6. The molecular weight excluding hydrogens is 254 g/mol. The van der Waals surface area contributed by atoms with Crippen LogP contribution in [0.2, 0.25) is 0 Å². The zero-order chi connectivity index (χ0) is 13.6. The molecule has 3 rings (SSSR count). The molecule has 1 aromatic heterocycles. The molecule has 2 aliphatic heterocycles. The standard InChI is InChI=1S/C10H15N5O4/c11-8-5-9(13-2-12-8)15(3-14-5)10-7(18)6(17)4(1-16)19-10/h2,4,6-7,10,14,16-18H,1,3H2,(H2,11,12,13)/t4-,6?,7+,10-/m1/s1. The molecule has 4 atom stereocenters. The topological polar surface area (TPSA) is 137 Å². The van der Waals surface area contributed by atoms with Gasteiger partial charge in [0.2, 0.25) is 0 Å². The Kier molecular flexibility index (Phi) is 2.90. The van der Waals surface area contributed by atoms with Gasteiger partial charge in [0.15, 0.2) is 17.9 Å². The summed E-state index contributed by atoms with van der Waals surface area (Å²) in [6.07, 6.45) is -2.58. The molecule has 9 nitrogen and oxygen atoms in total. The average molecular weight is 269 g/mol. The number of ether oxygens (including phenoxy) is 1. The monoisotopic (exact) mass is 269 g/mol. The van der Waals surface area contributed by atoms with Gasteiger partial charge in [-0.25, -0.2) is 9.97 Å². The van der Waals surface area contributed by atoms with Gasteiger partial charge in [-0.1, -0.05) is 0 Å². The number of nitrogens with one attached hydrogen (secondary N) is 1. The van der Waals surface area contributed by atoms with E-state index in [4.69, 9.17) is 15.6 Å². The lowest BCUT2D eigenvalue weighted by atomic mass is 10.1. The van der Waals surface area contributed by atoms with Gasteiger partial charge in [0.1, 0.15) is 30.3 Å². The molecule has 0 aromatic carbocycles. The summed E-state index contributed by atoms with van der Waals surface area (Å²) in [6, 6.07) is 0. The van der Waals surface area contributed by atoms with Gasteiger partial charge in [0.25, 0.3) is 0 Å². The minimum Gasteiger partial charge on any atom is -0.394 e. The minimum atomic E-state index is -1.14. The largest absolute Gasteiger partial charge is 0.394 e. The van der Waals surface area contributed by atoms with E-state index in [0.29, 0.717) is 24.0 Å². The normalized spacial score (nSPS) is 33.3. The molecule has 1 saturated heterocycles. The Labute approximate surface area is 108 Å². The smallest absolute Gasteiger partial charge is 0.162 e. The SMILES string of the molecule is Nc1ncnc2c1NCN2[C@@H]1O[C@H](CO)C(O)[C@@H]1O. The molecule has 0 radical (unpaired) electrons. The number of aromatic nitrogens is 2. The molecule has 1 aromatic rings. The first-order valence-corrected chi connectivity index (χ1v) is 5.87. The molecule has 0 saturated carbocycles. The molecule has 1 unspecified atom stereocenters. The van der Waals surface area contributed by atoms with E-state index >= 15 is 0 Å². The van der Waals surface area contributed by atoms with E-state index in [1.165, 1.54) is 6.33 Å². The van der Waals surface area contributed by atoms with Gasteiger partial charge in [0.05, 0.1) is 13.3 Å². The lowest BCUT2D eigenvalue weighted by Crippen LogP contribution is -2.44. The Morgan fingerprint density at radius 2 is 2.21 bits per heavy atom. The van der Waals surface area contributed by atoms with Crippen molar-refractivity contribution in [2.75, 3.05) is 29.2 Å². The maximum absolute atomic E-state index is 9.98. The van der Waals surface area contributed by atoms with Gasteiger partial charge in [-0.05, 0) is 0 Å². The van der Waals surface area contributed by atoms with E-state index in [9.17, 15) is 10.2 Å². The molecule has 0 spiro atoms. The Morgan fingerprint density at radius 1 is 1.42 bits per heavy atom. The van der Waals surface area contributed by atoms with Crippen LogP contribution >= 0.6 is 0 Å². The van der Waals surface area contributed by atoms with Crippen molar-refractivity contribution >= 4 is 17.3 Å². The van der Waals surface area contributed by atoms with E-state index in [1.807, 2.05) is 0 Å². The quantitative estimate of drug-likeness (QED) is 0.401. The van der Waals surface area contributed by atoms with Crippen LogP contribution < -0.4 is 16.0 Å². The van der Waals surface area contributed by atoms with Crippen LogP contribution in [0.15, 0.2) is 6.33 Å². The third-order valence-electron chi connectivity index (χ3n) is 3.38. The molecular formula is C10H15N5O4. The second-order valence-electron chi connectivity index (χ2n) is 4.49. The Bertz CT molecular complexity index is 487. The number of hydrogen-bond acceptors (Lipinski definition) is 9. The molecule has 3 heterocycles. The van der Waals surface area contributed by atoms with E-state index in [0.717, 1.165) is 0 Å². The van der Waals surface area contributed by atoms with E-state index in [2.05, 4.69) is 15.3 Å². The molecule has 9 heteroatoms. The highest BCUT2D eigenvalue weighted by Crippen LogP contribution is 2.36. The van der Waals surface area contributed by atoms with Crippen LogP contribution in [0, 0.1) is 0 Å². The number of nitrogens with two attached hydrogens (primary N) is 1. The maximum Gasteiger partial charge on any atom is 0.162 e. The molecule has 0 bridgehead atoms. The summed E-state index contributed by atoms with van der Waals surface area (Å²) in [4.78, 5) is 9.59. The number of anilines is 3. The number of aliphatic hydroxyl groups excluding tert-OH is 3. The summed E-state index contributed by atoms with van der Waals surface area (Å²) in [5, 5.41) is 31.8. The van der Waals surface area contributed by atoms with Crippen LogP contribution in [-0.2, 0) is 4.74 Å². The highest BCUT2D eigenvalue weighted by molar-refractivity contribution is 5.80. The zero-order valence-corrected chi connectivity index (χ0v) is 9.97. The van der Waals surface area contributed by atoms with Crippen LogP contribution in [0.1, 0.15) is 0 Å². The summed E-state index contributed by atoms with van der Waals surface area (Å²) >= 11 is 0. The van der Waals surface area contributed by atoms with Crippen LogP contribution in [0.4, 0.5) is 17.3 Å². The second kappa shape index (κ2) is 4.46. The number of fused-ring (bicyclic) bond motifs is 1. The lowest BCUT2D eigenvalue weighted by Gasteiger charge is -2.26. The third kappa shape index (κ3) is 1.78. The van der Waals surface area contributed by atoms with Gasteiger partial charge in [-0.15, -0.1) is 0 Å². The molecule has 6 N–H and O–H groups in total. The van der Waals surface area contributed by atoms with Gasteiger partial charge in [-0.3, -0.25) is 0 Å². The van der Waals surface area contributed by atoms with Crippen molar-refractivity contribution in [1.82, 2.24) is 9.97 Å². The van der Waals surface area contributed by atoms with Gasteiger partial charge >= 0.3 is 0 Å². The van der Waals surface area contributed by atoms with Gasteiger partial charge in [-0.2, -0.15) is 0 Å². The second-order valence-corrected chi connectivity index (χ2v) is 4.49. The van der Waals surface area contributed by atoms with Crippen molar-refractivity contribution in [1.29, 1.82) is 0 Å². The summed E-state index contributed by atoms with van der Waals surface area (Å²) in [7, 11) is 0. The van der Waals surface area contributed by atoms with Crippen LogP contribution in [0.3, 0.4) is 0 Å². The predicted octanol–water partition coefficient (Wildman–Crippen LogP) is -2.31. The van der Waals surface area contributed by atoms with Crippen LogP contribution in [-0.4, -0.2) is 63.1 Å². The predicted molar refractivity (Wildman–Crippen MR) is 65.2 cm³/mol. The minimum absolute atomic E-state index is 0.305. The Morgan fingerprint density at radius 3 is 2.89 bits per heavy atom. The van der Waals surface area contributed by atoms with E-state index in [-0.39, 0.29) is 6.61 Å². The van der Waals surface area contributed by atoms with Crippen molar-refractivity contribution < 1.29 is 20.1 Å².